The van der Waals surface area contributed by atoms with E-state index in [2.05, 4.69) is 10.3 Å². The predicted octanol–water partition coefficient (Wildman–Crippen LogP) is 4.53. The van der Waals surface area contributed by atoms with Gasteiger partial charge >= 0.3 is 6.18 Å². The number of halogens is 5. The summed E-state index contributed by atoms with van der Waals surface area (Å²) in [5.41, 5.74) is -0.123. The molecule has 1 aromatic carbocycles. The molecule has 1 aromatic heterocycles. The van der Waals surface area contributed by atoms with Crippen LogP contribution in [0, 0.1) is 11.7 Å². The fraction of sp³-hybridized carbons (Fsp3) is 0.455. The highest BCUT2D eigenvalue weighted by molar-refractivity contribution is 6.33. The molecule has 10 heteroatoms. The van der Waals surface area contributed by atoms with Gasteiger partial charge in [-0.05, 0) is 50.7 Å². The van der Waals surface area contributed by atoms with Gasteiger partial charge in [0.25, 0.3) is 0 Å². The summed E-state index contributed by atoms with van der Waals surface area (Å²) in [6.45, 7) is 1.25. The molecule has 174 valence electrons. The number of piperidine rings is 1. The number of rotatable bonds is 6. The highest BCUT2D eigenvalue weighted by Gasteiger charge is 2.33. The molecule has 2 heterocycles. The van der Waals surface area contributed by atoms with Crippen molar-refractivity contribution in [3.05, 3.63) is 58.5 Å². The lowest BCUT2D eigenvalue weighted by molar-refractivity contribution is -0.137. The van der Waals surface area contributed by atoms with Crippen molar-refractivity contribution in [2.24, 2.45) is 5.92 Å². The number of hydrogen-bond donors (Lipinski definition) is 1. The fourth-order valence-electron chi connectivity index (χ4n) is 3.83. The molecule has 1 unspecified atom stereocenters. The SMILES string of the molecule is CN(C)C(CNC(=O)C1CCN(c2ncc(C(F)(F)F)cc2Cl)CC1)c1cccc(F)c1. The van der Waals surface area contributed by atoms with Crippen LogP contribution in [-0.2, 0) is 11.0 Å². The molecule has 0 aliphatic carbocycles. The predicted molar refractivity (Wildman–Crippen MR) is 115 cm³/mol. The highest BCUT2D eigenvalue weighted by Crippen LogP contribution is 2.34. The number of carbonyl (C=O) groups is 1. The zero-order valence-corrected chi connectivity index (χ0v) is 18.5. The molecule has 3 rings (SSSR count). The largest absolute Gasteiger partial charge is 0.417 e. The maximum absolute atomic E-state index is 13.6. The van der Waals surface area contributed by atoms with Gasteiger partial charge in [0.2, 0.25) is 5.91 Å². The topological polar surface area (TPSA) is 48.5 Å². The Bertz CT molecular complexity index is 946. The second-order valence-corrected chi connectivity index (χ2v) is 8.48. The third-order valence-electron chi connectivity index (χ3n) is 5.64. The molecule has 1 N–H and O–H groups in total. The van der Waals surface area contributed by atoms with Crippen molar-refractivity contribution in [3.63, 3.8) is 0 Å². The lowest BCUT2D eigenvalue weighted by Crippen LogP contribution is -2.43. The molecular weight excluding hydrogens is 448 g/mol. The van der Waals surface area contributed by atoms with E-state index in [1.54, 1.807) is 11.0 Å². The Morgan fingerprint density at radius 2 is 1.97 bits per heavy atom. The van der Waals surface area contributed by atoms with Crippen LogP contribution < -0.4 is 10.2 Å². The standard InChI is InChI=1S/C22H25ClF4N4O/c1-30(2)19(15-4-3-5-17(24)10-15)13-29-21(32)14-6-8-31(9-7-14)20-18(23)11-16(12-28-20)22(25,26)27/h3-5,10-12,14,19H,6-9,13H2,1-2H3,(H,29,32). The van der Waals surface area contributed by atoms with E-state index in [9.17, 15) is 22.4 Å². The third kappa shape index (κ3) is 5.89. The van der Waals surface area contributed by atoms with Crippen molar-refractivity contribution in [2.45, 2.75) is 25.1 Å². The minimum Gasteiger partial charge on any atom is -0.355 e. The van der Waals surface area contributed by atoms with E-state index in [1.807, 2.05) is 25.1 Å². The Kier molecular flexibility index (Phi) is 7.61. The molecule has 1 amide bonds. The molecule has 1 saturated heterocycles. The normalized spacial score (nSPS) is 16.3. The summed E-state index contributed by atoms with van der Waals surface area (Å²) in [4.78, 5) is 20.3. The number of nitrogens with zero attached hydrogens (tertiary/aromatic N) is 3. The van der Waals surface area contributed by atoms with E-state index < -0.39 is 11.7 Å². The van der Waals surface area contributed by atoms with Crippen LogP contribution in [-0.4, -0.2) is 49.5 Å². The first-order valence-electron chi connectivity index (χ1n) is 10.2. The maximum Gasteiger partial charge on any atom is 0.417 e. The van der Waals surface area contributed by atoms with Gasteiger partial charge in [-0.3, -0.25) is 4.79 Å². The number of aromatic nitrogens is 1. The van der Waals surface area contributed by atoms with Crippen LogP contribution in [0.4, 0.5) is 23.4 Å². The summed E-state index contributed by atoms with van der Waals surface area (Å²) >= 11 is 6.04. The average Bonchev–Trinajstić information content (AvgIpc) is 2.73. The van der Waals surface area contributed by atoms with Crippen molar-refractivity contribution in [1.82, 2.24) is 15.2 Å². The van der Waals surface area contributed by atoms with Crippen molar-refractivity contribution in [3.8, 4) is 0 Å². The number of amides is 1. The first-order chi connectivity index (χ1) is 15.1. The molecule has 1 aliphatic heterocycles. The van der Waals surface area contributed by atoms with Gasteiger partial charge in [-0.25, -0.2) is 9.37 Å². The lowest BCUT2D eigenvalue weighted by atomic mass is 9.95. The number of likely N-dealkylation sites (N-methyl/N-ethyl adjacent to an activating group) is 1. The summed E-state index contributed by atoms with van der Waals surface area (Å²) < 4.78 is 52.0. The monoisotopic (exact) mass is 472 g/mol. The summed E-state index contributed by atoms with van der Waals surface area (Å²) in [6, 6.07) is 6.98. The zero-order valence-electron chi connectivity index (χ0n) is 17.8. The zero-order chi connectivity index (χ0) is 23.5. The van der Waals surface area contributed by atoms with Gasteiger partial charge in [0.15, 0.2) is 0 Å². The first kappa shape index (κ1) is 24.3. The number of alkyl halides is 3. The van der Waals surface area contributed by atoms with Gasteiger partial charge < -0.3 is 15.1 Å². The highest BCUT2D eigenvalue weighted by atomic mass is 35.5. The molecule has 0 bridgehead atoms. The van der Waals surface area contributed by atoms with Crippen LogP contribution >= 0.6 is 11.6 Å². The van der Waals surface area contributed by atoms with E-state index in [0.29, 0.717) is 32.5 Å². The van der Waals surface area contributed by atoms with Gasteiger partial charge in [-0.15, -0.1) is 0 Å². The van der Waals surface area contributed by atoms with Gasteiger partial charge in [0.1, 0.15) is 11.6 Å². The number of hydrogen-bond acceptors (Lipinski definition) is 4. The summed E-state index contributed by atoms with van der Waals surface area (Å²) in [6.07, 6.45) is -2.68. The Hall–Kier alpha value is -2.39. The minimum atomic E-state index is -4.50. The quantitative estimate of drug-likeness (QED) is 0.628. The first-order valence-corrected chi connectivity index (χ1v) is 10.6. The summed E-state index contributed by atoms with van der Waals surface area (Å²) in [5.74, 6) is -0.366. The van der Waals surface area contributed by atoms with Crippen LogP contribution in [0.25, 0.3) is 0 Å². The van der Waals surface area contributed by atoms with Crippen molar-refractivity contribution >= 4 is 23.3 Å². The third-order valence-corrected chi connectivity index (χ3v) is 5.92. The molecular formula is C22H25ClF4N4O. The van der Waals surface area contributed by atoms with Crippen LogP contribution in [0.5, 0.6) is 0 Å². The Morgan fingerprint density at radius 3 is 2.53 bits per heavy atom. The fourth-order valence-corrected chi connectivity index (χ4v) is 4.11. The summed E-state index contributed by atoms with van der Waals surface area (Å²) in [5, 5.41) is 2.89. The van der Waals surface area contributed by atoms with E-state index in [0.717, 1.165) is 17.8 Å². The molecule has 1 fully saturated rings. The summed E-state index contributed by atoms with van der Waals surface area (Å²) in [7, 11) is 3.72. The molecule has 1 aliphatic rings. The van der Waals surface area contributed by atoms with Crippen LogP contribution in [0.3, 0.4) is 0 Å². The van der Waals surface area contributed by atoms with Crippen LogP contribution in [0.2, 0.25) is 5.02 Å². The maximum atomic E-state index is 13.6. The van der Waals surface area contributed by atoms with E-state index in [1.165, 1.54) is 12.1 Å². The van der Waals surface area contributed by atoms with Gasteiger partial charge in [0.05, 0.1) is 16.6 Å². The molecule has 5 nitrogen and oxygen atoms in total. The molecule has 0 radical (unpaired) electrons. The van der Waals surface area contributed by atoms with Gasteiger partial charge in [-0.2, -0.15) is 13.2 Å². The molecule has 0 spiro atoms. The second kappa shape index (κ2) is 10.0. The van der Waals surface area contributed by atoms with Crippen molar-refractivity contribution in [1.29, 1.82) is 0 Å². The Labute approximate surface area is 189 Å². The average molecular weight is 473 g/mol. The number of benzene rings is 1. The smallest absolute Gasteiger partial charge is 0.355 e. The van der Waals surface area contributed by atoms with Crippen LogP contribution in [0.15, 0.2) is 36.5 Å². The Morgan fingerprint density at radius 1 is 1.28 bits per heavy atom. The van der Waals surface area contributed by atoms with Crippen molar-refractivity contribution < 1.29 is 22.4 Å². The number of carbonyl (C=O) groups excluding carboxylic acids is 1. The molecule has 2 aromatic rings. The van der Waals surface area contributed by atoms with Gasteiger partial charge in [-0.1, -0.05) is 23.7 Å². The van der Waals surface area contributed by atoms with E-state index in [4.69, 9.17) is 11.6 Å². The van der Waals surface area contributed by atoms with Crippen molar-refractivity contribution in [2.75, 3.05) is 38.6 Å². The molecule has 1 atom stereocenters. The minimum absolute atomic E-state index is 0.0633. The lowest BCUT2D eigenvalue weighted by Gasteiger charge is -2.33. The second-order valence-electron chi connectivity index (χ2n) is 8.07. The van der Waals surface area contributed by atoms with Gasteiger partial charge in [0, 0.05) is 31.7 Å². The molecule has 0 saturated carbocycles. The van der Waals surface area contributed by atoms with E-state index >= 15 is 0 Å². The number of pyridine rings is 1. The number of nitrogens with one attached hydrogen (secondary N) is 1. The number of anilines is 1. The molecule has 32 heavy (non-hydrogen) atoms. The van der Waals surface area contributed by atoms with Crippen LogP contribution in [0.1, 0.15) is 30.0 Å². The van der Waals surface area contributed by atoms with E-state index in [-0.39, 0.29) is 34.5 Å². The Balaban J connectivity index is 1.56.